The molecule has 1 unspecified atom stereocenters. The maximum Gasteiger partial charge on any atom is 0.328 e. The fourth-order valence-electron chi connectivity index (χ4n) is 6.22. The number of rotatable bonds is 10. The average Bonchev–Trinajstić information content (AvgIpc) is 3.68. The second kappa shape index (κ2) is 10.8. The number of unbranched alkanes of at least 4 members (excludes halogenated alkanes) is 1. The number of tetrazole rings is 1. The van der Waals surface area contributed by atoms with Crippen LogP contribution in [0.2, 0.25) is 0 Å². The van der Waals surface area contributed by atoms with Gasteiger partial charge in [0.1, 0.15) is 0 Å². The van der Waals surface area contributed by atoms with Gasteiger partial charge in [-0.15, -0.1) is 5.10 Å². The number of aryl methyl sites for hydroxylation is 1. The van der Waals surface area contributed by atoms with Gasteiger partial charge < -0.3 is 0 Å². The first-order valence-electron chi connectivity index (χ1n) is 13.7. The molecule has 1 N–H and O–H groups in total. The molecule has 3 heterocycles. The zero-order chi connectivity index (χ0) is 25.8. The zero-order valence-electron chi connectivity index (χ0n) is 22.2. The number of hydrogen-bond donors (Lipinski definition) is 1. The predicted molar refractivity (Wildman–Crippen MR) is 145 cm³/mol. The lowest BCUT2D eigenvalue weighted by atomic mass is 9.77. The van der Waals surface area contributed by atoms with E-state index >= 15 is 0 Å². The van der Waals surface area contributed by atoms with Crippen LogP contribution in [0.25, 0.3) is 22.5 Å². The Hall–Kier alpha value is -3.55. The second-order valence-electron chi connectivity index (χ2n) is 10.3. The summed E-state index contributed by atoms with van der Waals surface area (Å²) in [7, 11) is 0. The van der Waals surface area contributed by atoms with Gasteiger partial charge in [-0.3, -0.25) is 14.1 Å². The number of nitrogens with one attached hydrogen (secondary N) is 1. The molecule has 1 saturated carbocycles. The summed E-state index contributed by atoms with van der Waals surface area (Å²) in [5.74, 6) is 0.636. The molecule has 1 aliphatic rings. The average molecular weight is 500 g/mol. The van der Waals surface area contributed by atoms with E-state index in [9.17, 15) is 4.79 Å². The van der Waals surface area contributed by atoms with E-state index in [1.165, 1.54) is 12.8 Å². The summed E-state index contributed by atoms with van der Waals surface area (Å²) in [5.41, 5.74) is 5.58. The highest BCUT2D eigenvalue weighted by molar-refractivity contribution is 5.69. The van der Waals surface area contributed by atoms with Crippen molar-refractivity contribution >= 4 is 0 Å². The molecule has 4 aromatic rings. The summed E-state index contributed by atoms with van der Waals surface area (Å²) in [6.07, 6.45) is 14.7. The first kappa shape index (κ1) is 25.1. The van der Waals surface area contributed by atoms with Gasteiger partial charge in [-0.1, -0.05) is 57.9 Å². The molecule has 1 aromatic carbocycles. The van der Waals surface area contributed by atoms with Gasteiger partial charge >= 0.3 is 5.69 Å². The topological polar surface area (TPSA) is 94.3 Å². The molecular weight excluding hydrogens is 462 g/mol. The maximum atomic E-state index is 14.0. The van der Waals surface area contributed by atoms with Crippen LogP contribution in [0.5, 0.6) is 0 Å². The van der Waals surface area contributed by atoms with E-state index in [1.54, 1.807) is 0 Å². The van der Waals surface area contributed by atoms with E-state index in [0.717, 1.165) is 66.5 Å². The van der Waals surface area contributed by atoms with Gasteiger partial charge in [0, 0.05) is 35.9 Å². The van der Waals surface area contributed by atoms with Crippen LogP contribution in [-0.2, 0) is 13.0 Å². The summed E-state index contributed by atoms with van der Waals surface area (Å²) in [6, 6.07) is 10.5. The minimum Gasteiger partial charge on any atom is -0.295 e. The monoisotopic (exact) mass is 499 g/mol. The van der Waals surface area contributed by atoms with Crippen LogP contribution >= 0.6 is 0 Å². The van der Waals surface area contributed by atoms with Crippen LogP contribution in [-0.4, -0.2) is 34.7 Å². The van der Waals surface area contributed by atoms with Crippen molar-refractivity contribution in [3.05, 3.63) is 70.7 Å². The van der Waals surface area contributed by atoms with E-state index in [-0.39, 0.29) is 17.1 Å². The fourth-order valence-corrected chi connectivity index (χ4v) is 6.22. The van der Waals surface area contributed by atoms with E-state index in [0.29, 0.717) is 12.4 Å². The van der Waals surface area contributed by atoms with Gasteiger partial charge in [-0.2, -0.15) is 0 Å². The molecule has 8 heteroatoms. The van der Waals surface area contributed by atoms with E-state index in [2.05, 4.69) is 69.3 Å². The molecule has 5 rings (SSSR count). The summed E-state index contributed by atoms with van der Waals surface area (Å²) in [6.45, 7) is 7.29. The molecule has 3 aromatic heterocycles. The van der Waals surface area contributed by atoms with Crippen molar-refractivity contribution in [3.8, 4) is 22.5 Å². The smallest absolute Gasteiger partial charge is 0.295 e. The molecule has 1 atom stereocenters. The van der Waals surface area contributed by atoms with Crippen LogP contribution in [0.15, 0.2) is 53.7 Å². The number of H-pyrrole nitrogens is 1. The Morgan fingerprint density at radius 1 is 1.08 bits per heavy atom. The Kier molecular flexibility index (Phi) is 7.35. The molecule has 1 aliphatic carbocycles. The third-order valence-electron chi connectivity index (χ3n) is 8.52. The largest absolute Gasteiger partial charge is 0.328 e. The minimum atomic E-state index is 0.118. The molecule has 0 bridgehead atoms. The van der Waals surface area contributed by atoms with E-state index < -0.39 is 0 Å². The number of aromatic nitrogens is 7. The fraction of sp³-hybridized carbons (Fsp3) is 0.483. The van der Waals surface area contributed by atoms with Gasteiger partial charge in [0.25, 0.3) is 0 Å². The number of aromatic amines is 1. The minimum absolute atomic E-state index is 0.118. The van der Waals surface area contributed by atoms with E-state index in [1.807, 2.05) is 35.2 Å². The summed E-state index contributed by atoms with van der Waals surface area (Å²) < 4.78 is 4.08. The van der Waals surface area contributed by atoms with Gasteiger partial charge in [0.05, 0.1) is 6.54 Å². The molecule has 0 saturated heterocycles. The Balaban J connectivity index is 1.51. The Bertz CT molecular complexity index is 1360. The molecule has 37 heavy (non-hydrogen) atoms. The summed E-state index contributed by atoms with van der Waals surface area (Å²) >= 11 is 0. The Morgan fingerprint density at radius 2 is 1.86 bits per heavy atom. The van der Waals surface area contributed by atoms with Gasteiger partial charge in [0.2, 0.25) is 0 Å². The van der Waals surface area contributed by atoms with Gasteiger partial charge in [-0.05, 0) is 77.1 Å². The van der Waals surface area contributed by atoms with E-state index in [4.69, 9.17) is 0 Å². The van der Waals surface area contributed by atoms with Crippen LogP contribution in [0.4, 0.5) is 0 Å². The Morgan fingerprint density at radius 3 is 2.57 bits per heavy atom. The van der Waals surface area contributed by atoms with Crippen LogP contribution in [0.3, 0.4) is 0 Å². The molecule has 0 spiro atoms. The van der Waals surface area contributed by atoms with Crippen LogP contribution < -0.4 is 5.69 Å². The van der Waals surface area contributed by atoms with Crippen molar-refractivity contribution in [3.63, 3.8) is 0 Å². The first-order chi connectivity index (χ1) is 18.1. The molecule has 0 radical (unpaired) electrons. The normalized spacial score (nSPS) is 16.9. The highest BCUT2D eigenvalue weighted by Crippen LogP contribution is 2.50. The number of hydrogen-bond acceptors (Lipinski definition) is 5. The number of nitrogens with zero attached hydrogens (tertiary/aromatic N) is 6. The number of imidazole rings is 1. The van der Waals surface area contributed by atoms with Gasteiger partial charge in [-0.25, -0.2) is 9.89 Å². The van der Waals surface area contributed by atoms with Crippen molar-refractivity contribution in [2.45, 2.75) is 84.7 Å². The summed E-state index contributed by atoms with van der Waals surface area (Å²) in [4.78, 5) is 18.4. The lowest BCUT2D eigenvalue weighted by molar-refractivity contribution is 0.181. The summed E-state index contributed by atoms with van der Waals surface area (Å²) in [5, 5.41) is 14.1. The van der Waals surface area contributed by atoms with Crippen LogP contribution in [0, 0.1) is 5.41 Å². The SMILES string of the molecule is CCCCc1cn(C2CCCC2(CC)CC)c(=O)n1Cc1cnccc1-c1ccc(-c2nnn[nH]2)cc1. The highest BCUT2D eigenvalue weighted by atomic mass is 16.1. The molecule has 0 amide bonds. The van der Waals surface area contributed by atoms with Crippen molar-refractivity contribution < 1.29 is 0 Å². The zero-order valence-corrected chi connectivity index (χ0v) is 22.2. The van der Waals surface area contributed by atoms with Crippen molar-refractivity contribution in [1.29, 1.82) is 0 Å². The molecule has 0 aliphatic heterocycles. The number of benzene rings is 1. The maximum absolute atomic E-state index is 14.0. The first-order valence-corrected chi connectivity index (χ1v) is 13.7. The molecular formula is C29H37N7O. The van der Waals surface area contributed by atoms with Crippen molar-refractivity contribution in [2.75, 3.05) is 0 Å². The third kappa shape index (κ3) is 4.77. The van der Waals surface area contributed by atoms with Crippen LogP contribution in [0.1, 0.15) is 83.0 Å². The number of pyridine rings is 1. The van der Waals surface area contributed by atoms with Crippen molar-refractivity contribution in [1.82, 2.24) is 34.7 Å². The van der Waals surface area contributed by atoms with Crippen molar-refractivity contribution in [2.24, 2.45) is 5.41 Å². The standard InChI is InChI=1S/C29H37N7O/c1-4-7-9-24-20-36(26-10-8-16-29(26,5-2)6-3)28(37)35(24)19-23-18-30-17-15-25(23)21-11-13-22(14-12-21)27-31-33-34-32-27/h11-15,17-18,20,26H,4-10,16,19H2,1-3H3,(H,31,32,33,34). The third-order valence-corrected chi connectivity index (χ3v) is 8.52. The lowest BCUT2D eigenvalue weighted by Gasteiger charge is -2.34. The molecule has 1 fully saturated rings. The highest BCUT2D eigenvalue weighted by Gasteiger charge is 2.42. The predicted octanol–water partition coefficient (Wildman–Crippen LogP) is 5.81. The second-order valence-corrected chi connectivity index (χ2v) is 10.3. The molecule has 8 nitrogen and oxygen atoms in total. The Labute approximate surface area is 218 Å². The quantitative estimate of drug-likeness (QED) is 0.297. The molecule has 194 valence electrons. The lowest BCUT2D eigenvalue weighted by Crippen LogP contribution is -2.34. The van der Waals surface area contributed by atoms with Gasteiger partial charge in [0.15, 0.2) is 5.82 Å².